The maximum absolute atomic E-state index is 13.3. The monoisotopic (exact) mass is 490 g/mol. The molecule has 0 aliphatic carbocycles. The fourth-order valence-corrected chi connectivity index (χ4v) is 7.27. The number of nitrogens with one attached hydrogen (secondary N) is 1. The molecule has 0 saturated carbocycles. The molecule has 1 fully saturated rings. The molecule has 0 unspecified atom stereocenters. The summed E-state index contributed by atoms with van der Waals surface area (Å²) < 4.78 is 54.1. The van der Waals surface area contributed by atoms with Crippen LogP contribution in [0.25, 0.3) is 0 Å². The van der Waals surface area contributed by atoms with Crippen LogP contribution in [0, 0.1) is 11.6 Å². The number of carbonyl (C=O) groups is 1. The number of nitrogens with zero attached hydrogens (tertiary/aromatic N) is 3. The number of carbonyl (C=O) groups excluding carboxylic acids is 1. The molecule has 3 aromatic rings. The Labute approximate surface area is 183 Å². The molecule has 1 aromatic carbocycles. The van der Waals surface area contributed by atoms with Gasteiger partial charge in [0.1, 0.15) is 9.22 Å². The van der Waals surface area contributed by atoms with E-state index in [4.69, 9.17) is 11.6 Å². The highest BCUT2D eigenvalue weighted by Crippen LogP contribution is 2.39. The molecular formula is C17H13ClF2N4O3S3. The molecule has 30 heavy (non-hydrogen) atoms. The summed E-state index contributed by atoms with van der Waals surface area (Å²) in [6.45, 7) is 0.318. The van der Waals surface area contributed by atoms with Gasteiger partial charge in [0.15, 0.2) is 11.6 Å². The minimum absolute atomic E-state index is 0.0156. The van der Waals surface area contributed by atoms with Crippen LogP contribution in [0.1, 0.15) is 33.7 Å². The summed E-state index contributed by atoms with van der Waals surface area (Å²) in [6, 6.07) is 5.41. The number of amides is 1. The molecule has 0 radical (unpaired) electrons. The Kier molecular flexibility index (Phi) is 5.86. The van der Waals surface area contributed by atoms with Crippen molar-refractivity contribution >= 4 is 55.9 Å². The molecular weight excluding hydrogens is 478 g/mol. The molecule has 1 aliphatic rings. The van der Waals surface area contributed by atoms with E-state index < -0.39 is 33.6 Å². The number of anilines is 1. The second-order valence-electron chi connectivity index (χ2n) is 6.36. The number of benzene rings is 1. The average molecular weight is 491 g/mol. The van der Waals surface area contributed by atoms with Crippen LogP contribution in [0.2, 0.25) is 4.34 Å². The van der Waals surface area contributed by atoms with Gasteiger partial charge in [-0.3, -0.25) is 4.79 Å². The van der Waals surface area contributed by atoms with Gasteiger partial charge < -0.3 is 5.32 Å². The fourth-order valence-electron chi connectivity index (χ4n) is 3.05. The highest BCUT2D eigenvalue weighted by Gasteiger charge is 2.39. The first-order valence-electron chi connectivity index (χ1n) is 8.62. The Morgan fingerprint density at radius 1 is 1.17 bits per heavy atom. The van der Waals surface area contributed by atoms with Crippen LogP contribution in [-0.2, 0) is 10.0 Å². The van der Waals surface area contributed by atoms with Crippen molar-refractivity contribution in [3.05, 3.63) is 56.3 Å². The normalized spacial score (nSPS) is 17.4. The van der Waals surface area contributed by atoms with E-state index in [9.17, 15) is 22.0 Å². The largest absolute Gasteiger partial charge is 0.320 e. The first kappa shape index (κ1) is 21.2. The molecule has 1 amide bonds. The molecule has 1 saturated heterocycles. The van der Waals surface area contributed by atoms with Crippen LogP contribution in [0.15, 0.2) is 34.5 Å². The van der Waals surface area contributed by atoms with Crippen LogP contribution in [0.4, 0.5) is 14.5 Å². The van der Waals surface area contributed by atoms with Crippen molar-refractivity contribution < 1.29 is 22.0 Å². The van der Waals surface area contributed by atoms with Gasteiger partial charge in [0, 0.05) is 18.3 Å². The summed E-state index contributed by atoms with van der Waals surface area (Å²) >= 11 is 7.80. The Hall–Kier alpha value is -1.99. The van der Waals surface area contributed by atoms with Gasteiger partial charge in [0.2, 0.25) is 5.01 Å². The van der Waals surface area contributed by atoms with Crippen molar-refractivity contribution in [1.82, 2.24) is 14.5 Å². The second kappa shape index (κ2) is 8.27. The quantitative estimate of drug-likeness (QED) is 0.575. The lowest BCUT2D eigenvalue weighted by Crippen LogP contribution is -2.30. The van der Waals surface area contributed by atoms with Crippen LogP contribution in [0.3, 0.4) is 0 Å². The topological polar surface area (TPSA) is 92.3 Å². The van der Waals surface area contributed by atoms with E-state index in [1.165, 1.54) is 22.5 Å². The van der Waals surface area contributed by atoms with E-state index in [1.807, 2.05) is 0 Å². The Balaban J connectivity index is 1.54. The molecule has 0 spiro atoms. The Morgan fingerprint density at radius 3 is 2.67 bits per heavy atom. The van der Waals surface area contributed by atoms with Gasteiger partial charge >= 0.3 is 0 Å². The molecule has 13 heteroatoms. The molecule has 1 N–H and O–H groups in total. The first-order chi connectivity index (χ1) is 14.3. The standard InChI is InChI=1S/C17H13ClF2N4O3S3/c18-13-5-6-14(28-13)30(26,27)24-7-1-2-12(24)16-22-23-17(29-16)15(25)21-9-3-4-10(19)11(20)8-9/h3-6,8,12H,1-2,7H2,(H,21,25)/t12-/m0/s1. The van der Waals surface area contributed by atoms with Gasteiger partial charge in [0.25, 0.3) is 15.9 Å². The highest BCUT2D eigenvalue weighted by molar-refractivity contribution is 7.91. The molecule has 158 valence electrons. The maximum Gasteiger partial charge on any atom is 0.286 e. The van der Waals surface area contributed by atoms with E-state index in [2.05, 4.69) is 15.5 Å². The van der Waals surface area contributed by atoms with Crippen LogP contribution >= 0.6 is 34.3 Å². The third kappa shape index (κ3) is 4.10. The van der Waals surface area contributed by atoms with Gasteiger partial charge in [-0.1, -0.05) is 22.9 Å². The summed E-state index contributed by atoms with van der Waals surface area (Å²) in [4.78, 5) is 12.4. The van der Waals surface area contributed by atoms with Crippen LogP contribution < -0.4 is 5.32 Å². The third-order valence-electron chi connectivity index (χ3n) is 4.41. The van der Waals surface area contributed by atoms with E-state index in [-0.39, 0.29) is 14.9 Å². The summed E-state index contributed by atoms with van der Waals surface area (Å²) in [7, 11) is -3.76. The number of aromatic nitrogens is 2. The number of rotatable bonds is 5. The van der Waals surface area contributed by atoms with Gasteiger partial charge in [-0.2, -0.15) is 4.31 Å². The first-order valence-corrected chi connectivity index (χ1v) is 12.1. The average Bonchev–Trinajstić information content (AvgIpc) is 3.43. The predicted molar refractivity (Wildman–Crippen MR) is 109 cm³/mol. The molecule has 3 heterocycles. The maximum atomic E-state index is 13.3. The summed E-state index contributed by atoms with van der Waals surface area (Å²) in [6.07, 6.45) is 1.18. The minimum atomic E-state index is -3.76. The Bertz CT molecular complexity index is 1210. The molecule has 0 bridgehead atoms. The van der Waals surface area contributed by atoms with Gasteiger partial charge in [-0.25, -0.2) is 17.2 Å². The van der Waals surface area contributed by atoms with Crippen molar-refractivity contribution in [1.29, 1.82) is 0 Å². The summed E-state index contributed by atoms with van der Waals surface area (Å²) in [5.74, 6) is -2.77. The van der Waals surface area contributed by atoms with Crippen molar-refractivity contribution in [3.63, 3.8) is 0 Å². The van der Waals surface area contributed by atoms with E-state index in [0.29, 0.717) is 28.7 Å². The van der Waals surface area contributed by atoms with Gasteiger partial charge in [-0.15, -0.1) is 21.5 Å². The number of thiophene rings is 1. The van der Waals surface area contributed by atoms with E-state index in [1.54, 1.807) is 0 Å². The van der Waals surface area contributed by atoms with Crippen LogP contribution in [-0.4, -0.2) is 35.4 Å². The summed E-state index contributed by atoms with van der Waals surface area (Å²) in [5.41, 5.74) is 0.0651. The SMILES string of the molecule is O=C(Nc1ccc(F)c(F)c1)c1nnc([C@@H]2CCCN2S(=O)(=O)c2ccc(Cl)s2)s1. The zero-order valence-electron chi connectivity index (χ0n) is 15.0. The van der Waals surface area contributed by atoms with Crippen molar-refractivity contribution in [2.24, 2.45) is 0 Å². The fraction of sp³-hybridized carbons (Fsp3) is 0.235. The second-order valence-corrected chi connectivity index (χ2v) is 11.2. The zero-order chi connectivity index (χ0) is 21.5. The number of halogens is 3. The molecule has 7 nitrogen and oxygen atoms in total. The lowest BCUT2D eigenvalue weighted by molar-refractivity contribution is 0.102. The van der Waals surface area contributed by atoms with E-state index in [0.717, 1.165) is 34.8 Å². The smallest absolute Gasteiger partial charge is 0.286 e. The Morgan fingerprint density at radius 2 is 1.97 bits per heavy atom. The van der Waals surface area contributed by atoms with Gasteiger partial charge in [0.05, 0.1) is 10.4 Å². The molecule has 4 rings (SSSR count). The number of hydrogen-bond donors (Lipinski definition) is 1. The zero-order valence-corrected chi connectivity index (χ0v) is 18.2. The lowest BCUT2D eigenvalue weighted by atomic mass is 10.2. The molecule has 1 aliphatic heterocycles. The van der Waals surface area contributed by atoms with E-state index >= 15 is 0 Å². The lowest BCUT2D eigenvalue weighted by Gasteiger charge is -2.21. The minimum Gasteiger partial charge on any atom is -0.320 e. The third-order valence-corrected chi connectivity index (χ3v) is 9.04. The molecule has 1 atom stereocenters. The molecule has 2 aromatic heterocycles. The van der Waals surface area contributed by atoms with Crippen LogP contribution in [0.5, 0.6) is 0 Å². The van der Waals surface area contributed by atoms with Crippen molar-refractivity contribution in [2.45, 2.75) is 23.1 Å². The van der Waals surface area contributed by atoms with Crippen molar-refractivity contribution in [3.8, 4) is 0 Å². The number of sulfonamides is 1. The van der Waals surface area contributed by atoms with Crippen molar-refractivity contribution in [2.75, 3.05) is 11.9 Å². The number of hydrogen-bond acceptors (Lipinski definition) is 7. The summed E-state index contributed by atoms with van der Waals surface area (Å²) in [5, 5.41) is 10.6. The highest BCUT2D eigenvalue weighted by atomic mass is 35.5. The predicted octanol–water partition coefficient (Wildman–Crippen LogP) is 4.31. The van der Waals surface area contributed by atoms with Gasteiger partial charge in [-0.05, 0) is 37.1 Å².